The van der Waals surface area contributed by atoms with E-state index in [1.54, 1.807) is 4.90 Å². The molecule has 0 aromatic carbocycles. The number of nitrogens with zero attached hydrogens (tertiary/aromatic N) is 2. The first-order valence-corrected chi connectivity index (χ1v) is 6.79. The van der Waals surface area contributed by atoms with Gasteiger partial charge in [0.1, 0.15) is 10.7 Å². The summed E-state index contributed by atoms with van der Waals surface area (Å²) in [5.41, 5.74) is 5.77. The number of β-amino-alcohol motifs (C(OH)–C–C–N with tert-alkyl or cyclic N) is 1. The normalized spacial score (nSPS) is 19.6. The summed E-state index contributed by atoms with van der Waals surface area (Å²) in [5.74, 6) is 0.118. The van der Waals surface area contributed by atoms with E-state index in [4.69, 9.17) is 5.73 Å². The van der Waals surface area contributed by atoms with Gasteiger partial charge in [0.25, 0.3) is 5.91 Å². The number of carbonyl (C=O) groups is 1. The Bertz CT molecular complexity index is 446. The molecule has 100 valence electrons. The second-order valence-corrected chi connectivity index (χ2v) is 5.73. The zero-order valence-corrected chi connectivity index (χ0v) is 11.3. The standard InChI is InChI=1S/C11H18N4O2S/c1-6(2)13-11-14-9(12)8(18-11)10(17)15-4-3-7(16)5-15/h6-7,16H,3-5,12H2,1-2H3,(H,13,14). The van der Waals surface area contributed by atoms with Crippen molar-refractivity contribution < 1.29 is 9.90 Å². The Kier molecular flexibility index (Phi) is 3.72. The molecule has 1 amide bonds. The molecule has 1 unspecified atom stereocenters. The van der Waals surface area contributed by atoms with Gasteiger partial charge in [0.05, 0.1) is 6.10 Å². The Morgan fingerprint density at radius 1 is 1.67 bits per heavy atom. The lowest BCUT2D eigenvalue weighted by Gasteiger charge is -2.14. The van der Waals surface area contributed by atoms with E-state index < -0.39 is 6.10 Å². The molecular formula is C11H18N4O2S. The van der Waals surface area contributed by atoms with E-state index >= 15 is 0 Å². The number of thiazole rings is 1. The molecule has 1 aliphatic rings. The second-order valence-electron chi connectivity index (χ2n) is 4.73. The van der Waals surface area contributed by atoms with E-state index in [9.17, 15) is 9.90 Å². The highest BCUT2D eigenvalue weighted by molar-refractivity contribution is 7.18. The summed E-state index contributed by atoms with van der Waals surface area (Å²) >= 11 is 1.26. The number of amides is 1. The maximum Gasteiger partial charge on any atom is 0.267 e. The molecule has 1 fully saturated rings. The predicted molar refractivity (Wildman–Crippen MR) is 71.8 cm³/mol. The summed E-state index contributed by atoms with van der Waals surface area (Å²) < 4.78 is 0. The van der Waals surface area contributed by atoms with Crippen LogP contribution >= 0.6 is 11.3 Å². The van der Waals surface area contributed by atoms with E-state index in [0.717, 1.165) is 0 Å². The number of hydrogen-bond donors (Lipinski definition) is 3. The van der Waals surface area contributed by atoms with Crippen LogP contribution < -0.4 is 11.1 Å². The third-order valence-electron chi connectivity index (χ3n) is 2.71. The third kappa shape index (κ3) is 2.73. The summed E-state index contributed by atoms with van der Waals surface area (Å²) in [4.78, 5) is 18.4. The number of nitrogens with two attached hydrogens (primary N) is 1. The monoisotopic (exact) mass is 270 g/mol. The Morgan fingerprint density at radius 2 is 2.39 bits per heavy atom. The van der Waals surface area contributed by atoms with Crippen molar-refractivity contribution in [2.75, 3.05) is 24.1 Å². The van der Waals surface area contributed by atoms with E-state index in [-0.39, 0.29) is 17.8 Å². The molecule has 0 spiro atoms. The minimum atomic E-state index is -0.420. The molecule has 0 saturated carbocycles. The van der Waals surface area contributed by atoms with E-state index in [1.807, 2.05) is 13.8 Å². The predicted octanol–water partition coefficient (Wildman–Crippen LogP) is 0.752. The maximum absolute atomic E-state index is 12.2. The zero-order chi connectivity index (χ0) is 13.3. The van der Waals surface area contributed by atoms with Crippen molar-refractivity contribution in [1.29, 1.82) is 0 Å². The fourth-order valence-electron chi connectivity index (χ4n) is 1.86. The molecule has 1 aliphatic heterocycles. The van der Waals surface area contributed by atoms with Crippen LogP contribution in [0, 0.1) is 0 Å². The Labute approximate surface area is 110 Å². The number of rotatable bonds is 3. The molecule has 0 aliphatic carbocycles. The molecule has 4 N–H and O–H groups in total. The van der Waals surface area contributed by atoms with Crippen LogP contribution in [0.2, 0.25) is 0 Å². The molecule has 2 rings (SSSR count). The van der Waals surface area contributed by atoms with Crippen molar-refractivity contribution in [3.63, 3.8) is 0 Å². The summed E-state index contributed by atoms with van der Waals surface area (Å²) in [6.45, 7) is 4.94. The first-order valence-electron chi connectivity index (χ1n) is 5.97. The van der Waals surface area contributed by atoms with Crippen LogP contribution in [0.1, 0.15) is 29.9 Å². The van der Waals surface area contributed by atoms with Crippen molar-refractivity contribution >= 4 is 28.2 Å². The molecule has 6 nitrogen and oxygen atoms in total. The molecule has 18 heavy (non-hydrogen) atoms. The van der Waals surface area contributed by atoms with Crippen LogP contribution in [0.15, 0.2) is 0 Å². The van der Waals surface area contributed by atoms with Crippen LogP contribution in [0.3, 0.4) is 0 Å². The highest BCUT2D eigenvalue weighted by Gasteiger charge is 2.28. The summed E-state index contributed by atoms with van der Waals surface area (Å²) in [7, 11) is 0. The minimum absolute atomic E-state index is 0.140. The fraction of sp³-hybridized carbons (Fsp3) is 0.636. The second kappa shape index (κ2) is 5.11. The van der Waals surface area contributed by atoms with Gasteiger partial charge in [-0.2, -0.15) is 0 Å². The van der Waals surface area contributed by atoms with Crippen LogP contribution in [0.4, 0.5) is 10.9 Å². The van der Waals surface area contributed by atoms with Crippen LogP contribution in [0.5, 0.6) is 0 Å². The number of anilines is 2. The Balaban J connectivity index is 2.12. The lowest BCUT2D eigenvalue weighted by molar-refractivity contribution is 0.0770. The molecule has 1 saturated heterocycles. The topological polar surface area (TPSA) is 91.5 Å². The van der Waals surface area contributed by atoms with Gasteiger partial charge in [-0.25, -0.2) is 4.98 Å². The smallest absolute Gasteiger partial charge is 0.267 e. The van der Waals surface area contributed by atoms with E-state index in [0.29, 0.717) is 29.5 Å². The molecule has 1 aromatic heterocycles. The van der Waals surface area contributed by atoms with Crippen molar-refractivity contribution in [2.24, 2.45) is 0 Å². The van der Waals surface area contributed by atoms with Gasteiger partial charge in [-0.15, -0.1) is 0 Å². The van der Waals surface area contributed by atoms with Crippen molar-refractivity contribution in [3.8, 4) is 0 Å². The average molecular weight is 270 g/mol. The van der Waals surface area contributed by atoms with Gasteiger partial charge < -0.3 is 21.1 Å². The number of nitrogens with one attached hydrogen (secondary N) is 1. The van der Waals surface area contributed by atoms with Crippen molar-refractivity contribution in [3.05, 3.63) is 4.88 Å². The van der Waals surface area contributed by atoms with E-state index in [1.165, 1.54) is 11.3 Å². The fourth-order valence-corrected chi connectivity index (χ4v) is 2.86. The Hall–Kier alpha value is -1.34. The molecule has 1 aromatic rings. The van der Waals surface area contributed by atoms with Gasteiger partial charge in [-0.3, -0.25) is 4.79 Å². The molecule has 2 heterocycles. The van der Waals surface area contributed by atoms with Crippen molar-refractivity contribution in [2.45, 2.75) is 32.4 Å². The lowest BCUT2D eigenvalue weighted by Crippen LogP contribution is -2.29. The molecular weight excluding hydrogens is 252 g/mol. The summed E-state index contributed by atoms with van der Waals surface area (Å²) in [5, 5.41) is 13.2. The van der Waals surface area contributed by atoms with Gasteiger partial charge in [0.15, 0.2) is 5.13 Å². The number of aromatic nitrogens is 1. The third-order valence-corrected chi connectivity index (χ3v) is 3.70. The summed E-state index contributed by atoms with van der Waals surface area (Å²) in [6.07, 6.45) is 0.206. The van der Waals surface area contributed by atoms with Gasteiger partial charge in [-0.1, -0.05) is 11.3 Å². The number of aliphatic hydroxyl groups excluding tert-OH is 1. The van der Waals surface area contributed by atoms with Gasteiger partial charge in [-0.05, 0) is 20.3 Å². The first kappa shape index (κ1) is 13.1. The SMILES string of the molecule is CC(C)Nc1nc(N)c(C(=O)N2CCC(O)C2)s1. The average Bonchev–Trinajstić information content (AvgIpc) is 2.83. The highest BCUT2D eigenvalue weighted by atomic mass is 32.1. The van der Waals surface area contributed by atoms with Crippen molar-refractivity contribution in [1.82, 2.24) is 9.88 Å². The number of likely N-dealkylation sites (tertiary alicyclic amines) is 1. The number of hydrogen-bond acceptors (Lipinski definition) is 6. The van der Waals surface area contributed by atoms with Gasteiger partial charge in [0, 0.05) is 19.1 Å². The maximum atomic E-state index is 12.2. The van der Waals surface area contributed by atoms with Crippen LogP contribution in [-0.4, -0.2) is 46.1 Å². The number of nitrogen functional groups attached to an aromatic ring is 1. The largest absolute Gasteiger partial charge is 0.391 e. The summed E-state index contributed by atoms with van der Waals surface area (Å²) in [6, 6.07) is 0.243. The molecule has 0 bridgehead atoms. The quantitative estimate of drug-likeness (QED) is 0.754. The highest BCUT2D eigenvalue weighted by Crippen LogP contribution is 2.27. The van der Waals surface area contributed by atoms with Crippen LogP contribution in [0.25, 0.3) is 0 Å². The molecule has 7 heteroatoms. The minimum Gasteiger partial charge on any atom is -0.391 e. The number of aliphatic hydroxyl groups is 1. The zero-order valence-electron chi connectivity index (χ0n) is 10.5. The lowest BCUT2D eigenvalue weighted by atomic mass is 10.3. The van der Waals surface area contributed by atoms with E-state index in [2.05, 4.69) is 10.3 Å². The molecule has 0 radical (unpaired) electrons. The molecule has 1 atom stereocenters. The van der Waals surface area contributed by atoms with Gasteiger partial charge in [0.2, 0.25) is 0 Å². The number of carbonyl (C=O) groups excluding carboxylic acids is 1. The first-order chi connectivity index (χ1) is 8.47. The Morgan fingerprint density at radius 3 is 2.94 bits per heavy atom. The van der Waals surface area contributed by atoms with Crippen LogP contribution in [-0.2, 0) is 0 Å². The van der Waals surface area contributed by atoms with Gasteiger partial charge >= 0.3 is 0 Å².